The number of esters is 2. The van der Waals surface area contributed by atoms with E-state index in [1.165, 1.54) is 116 Å². The highest BCUT2D eigenvalue weighted by Crippen LogP contribution is 2.18. The van der Waals surface area contributed by atoms with E-state index in [4.69, 9.17) is 14.2 Å². The van der Waals surface area contributed by atoms with Crippen molar-refractivity contribution in [1.82, 2.24) is 10.2 Å². The maximum atomic E-state index is 12.8. The molecule has 0 saturated carbocycles. The van der Waals surface area contributed by atoms with Crippen molar-refractivity contribution in [2.24, 2.45) is 0 Å². The molecular weight excluding hydrogens is 701 g/mol. The highest BCUT2D eigenvalue weighted by Gasteiger charge is 2.14. The maximum absolute atomic E-state index is 12.8. The Kier molecular flexibility index (Phi) is 43.1. The van der Waals surface area contributed by atoms with Gasteiger partial charge in [-0.05, 0) is 90.8 Å². The number of hydrogen-bond acceptors (Lipinski definition) is 7. The zero-order valence-electron chi connectivity index (χ0n) is 37.8. The van der Waals surface area contributed by atoms with Crippen LogP contribution in [0.5, 0.6) is 0 Å². The fourth-order valence-corrected chi connectivity index (χ4v) is 7.33. The van der Waals surface area contributed by atoms with E-state index >= 15 is 0 Å². The van der Waals surface area contributed by atoms with Crippen LogP contribution in [0.25, 0.3) is 0 Å². The molecule has 0 aromatic carbocycles. The third-order valence-corrected chi connectivity index (χ3v) is 10.9. The lowest BCUT2D eigenvalue weighted by atomic mass is 10.0. The minimum absolute atomic E-state index is 0.00722. The van der Waals surface area contributed by atoms with E-state index in [1.807, 2.05) is 6.92 Å². The lowest BCUT2D eigenvalue weighted by molar-refractivity contribution is -0.150. The Morgan fingerprint density at radius 3 is 1.43 bits per heavy atom. The van der Waals surface area contributed by atoms with Gasteiger partial charge in [-0.15, -0.1) is 0 Å². The smallest absolute Gasteiger partial charge is 0.306 e. The molecule has 0 aliphatic heterocycles. The fraction of sp³-hybridized carbons (Fsp3) is 0.938. The van der Waals surface area contributed by atoms with Crippen molar-refractivity contribution in [1.29, 1.82) is 0 Å². The molecule has 0 aliphatic carbocycles. The molecule has 0 heterocycles. The molecule has 1 unspecified atom stereocenters. The van der Waals surface area contributed by atoms with Gasteiger partial charge in [0.1, 0.15) is 12.7 Å². The Labute approximate surface area is 347 Å². The molecule has 0 aliphatic rings. The summed E-state index contributed by atoms with van der Waals surface area (Å²) in [5.74, 6) is -0.0705. The van der Waals surface area contributed by atoms with Gasteiger partial charge in [0.2, 0.25) is 5.91 Å². The van der Waals surface area contributed by atoms with E-state index in [9.17, 15) is 14.4 Å². The molecule has 0 fully saturated rings. The summed E-state index contributed by atoms with van der Waals surface area (Å²) in [6.07, 6.45) is 37.6. The van der Waals surface area contributed by atoms with E-state index in [-0.39, 0.29) is 30.6 Å². The number of nitrogens with one attached hydrogen (secondary N) is 1. The Morgan fingerprint density at radius 1 is 0.482 bits per heavy atom. The summed E-state index contributed by atoms with van der Waals surface area (Å²) in [5.41, 5.74) is 0. The van der Waals surface area contributed by atoms with Crippen LogP contribution >= 0.6 is 0 Å². The molecule has 332 valence electrons. The van der Waals surface area contributed by atoms with Crippen LogP contribution in [0.1, 0.15) is 240 Å². The van der Waals surface area contributed by atoms with Crippen molar-refractivity contribution in [3.63, 3.8) is 0 Å². The van der Waals surface area contributed by atoms with Crippen molar-refractivity contribution in [2.45, 2.75) is 246 Å². The molecular formula is C48H94N2O6. The standard InChI is InChI=1S/C48H94N2O6/c1-5-9-12-15-17-26-33-43-55-47(52)37-29-22-18-24-31-40-50(42-34-39-49-46(51)44-54-8-4)41-32-25-19-23-30-38-48(53)56-45(35-27-20-14-11-7-3)36-28-21-16-13-10-6-2/h45H,5-44H2,1-4H3,(H,49,51). The normalized spacial score (nSPS) is 11.9. The van der Waals surface area contributed by atoms with Crippen LogP contribution in [-0.4, -0.2) is 74.8 Å². The summed E-state index contributed by atoms with van der Waals surface area (Å²) in [6.45, 7) is 13.7. The van der Waals surface area contributed by atoms with Crippen LogP contribution in [-0.2, 0) is 28.6 Å². The first-order chi connectivity index (χ1) is 27.5. The van der Waals surface area contributed by atoms with Gasteiger partial charge in [0.15, 0.2) is 0 Å². The van der Waals surface area contributed by atoms with E-state index in [1.54, 1.807) is 0 Å². The highest BCUT2D eigenvalue weighted by molar-refractivity contribution is 5.77. The first-order valence-corrected chi connectivity index (χ1v) is 24.4. The molecule has 0 bridgehead atoms. The molecule has 0 aromatic rings. The second-order valence-electron chi connectivity index (χ2n) is 16.4. The molecule has 0 radical (unpaired) electrons. The predicted molar refractivity (Wildman–Crippen MR) is 236 cm³/mol. The molecule has 0 saturated heterocycles. The molecule has 8 nitrogen and oxygen atoms in total. The van der Waals surface area contributed by atoms with Gasteiger partial charge < -0.3 is 24.4 Å². The van der Waals surface area contributed by atoms with E-state index in [2.05, 4.69) is 31.0 Å². The van der Waals surface area contributed by atoms with Crippen molar-refractivity contribution in [2.75, 3.05) is 46.0 Å². The number of carbonyl (C=O) groups is 3. The van der Waals surface area contributed by atoms with Gasteiger partial charge in [-0.25, -0.2) is 0 Å². The van der Waals surface area contributed by atoms with E-state index in [0.29, 0.717) is 32.6 Å². The molecule has 56 heavy (non-hydrogen) atoms. The lowest BCUT2D eigenvalue weighted by Gasteiger charge is -2.22. The average molecular weight is 795 g/mol. The predicted octanol–water partition coefficient (Wildman–Crippen LogP) is 12.8. The highest BCUT2D eigenvalue weighted by atomic mass is 16.5. The van der Waals surface area contributed by atoms with Crippen LogP contribution < -0.4 is 5.32 Å². The summed E-state index contributed by atoms with van der Waals surface area (Å²) >= 11 is 0. The molecule has 0 rings (SSSR count). The summed E-state index contributed by atoms with van der Waals surface area (Å²) in [4.78, 5) is 39.4. The number of carbonyl (C=O) groups excluding carboxylic acids is 3. The van der Waals surface area contributed by atoms with Crippen molar-refractivity contribution in [3.8, 4) is 0 Å². The summed E-state index contributed by atoms with van der Waals surface area (Å²) in [5, 5.41) is 2.98. The summed E-state index contributed by atoms with van der Waals surface area (Å²) in [6, 6.07) is 0. The van der Waals surface area contributed by atoms with Gasteiger partial charge in [0, 0.05) is 26.0 Å². The fourth-order valence-electron chi connectivity index (χ4n) is 7.33. The number of amides is 1. The van der Waals surface area contributed by atoms with Gasteiger partial charge in [-0.1, -0.05) is 156 Å². The quantitative estimate of drug-likeness (QED) is 0.0484. The zero-order chi connectivity index (χ0) is 41.0. The molecule has 1 atom stereocenters. The Hall–Kier alpha value is -1.67. The SMILES string of the molecule is CCCCCCCCCOC(=O)CCCCCCCN(CCCCCCCC(=O)OC(CCCCCCC)CCCCCCCC)CCCNC(=O)COCC. The first kappa shape index (κ1) is 54.3. The summed E-state index contributed by atoms with van der Waals surface area (Å²) < 4.78 is 16.7. The minimum atomic E-state index is -0.0419. The van der Waals surface area contributed by atoms with Gasteiger partial charge in [0.25, 0.3) is 0 Å². The number of nitrogens with zero attached hydrogens (tertiary/aromatic N) is 1. The molecule has 1 N–H and O–H groups in total. The lowest BCUT2D eigenvalue weighted by Crippen LogP contribution is -2.33. The summed E-state index contributed by atoms with van der Waals surface area (Å²) in [7, 11) is 0. The van der Waals surface area contributed by atoms with Gasteiger partial charge in [0.05, 0.1) is 6.61 Å². The average Bonchev–Trinajstić information content (AvgIpc) is 3.19. The largest absolute Gasteiger partial charge is 0.466 e. The van der Waals surface area contributed by atoms with Gasteiger partial charge in [-0.3, -0.25) is 14.4 Å². The van der Waals surface area contributed by atoms with Crippen LogP contribution in [0.3, 0.4) is 0 Å². The second-order valence-corrected chi connectivity index (χ2v) is 16.4. The zero-order valence-corrected chi connectivity index (χ0v) is 37.8. The van der Waals surface area contributed by atoms with Gasteiger partial charge in [-0.2, -0.15) is 0 Å². The maximum Gasteiger partial charge on any atom is 0.306 e. The number of unbranched alkanes of at least 4 members (excludes halogenated alkanes) is 23. The van der Waals surface area contributed by atoms with Crippen molar-refractivity contribution < 1.29 is 28.6 Å². The monoisotopic (exact) mass is 795 g/mol. The third kappa shape index (κ3) is 40.5. The van der Waals surface area contributed by atoms with Crippen molar-refractivity contribution in [3.05, 3.63) is 0 Å². The van der Waals surface area contributed by atoms with Crippen LogP contribution in [0.4, 0.5) is 0 Å². The second kappa shape index (κ2) is 44.4. The van der Waals surface area contributed by atoms with Crippen LogP contribution in [0.2, 0.25) is 0 Å². The Balaban J connectivity index is 4.36. The topological polar surface area (TPSA) is 94.2 Å². The van der Waals surface area contributed by atoms with Crippen LogP contribution in [0.15, 0.2) is 0 Å². The Morgan fingerprint density at radius 2 is 0.911 bits per heavy atom. The van der Waals surface area contributed by atoms with Gasteiger partial charge >= 0.3 is 11.9 Å². The van der Waals surface area contributed by atoms with Crippen molar-refractivity contribution >= 4 is 17.8 Å². The molecule has 8 heteroatoms. The Bertz CT molecular complexity index is 856. The first-order valence-electron chi connectivity index (χ1n) is 24.4. The molecule has 1 amide bonds. The van der Waals surface area contributed by atoms with E-state index in [0.717, 1.165) is 103 Å². The minimum Gasteiger partial charge on any atom is -0.466 e. The van der Waals surface area contributed by atoms with Crippen LogP contribution in [0, 0.1) is 0 Å². The number of hydrogen-bond donors (Lipinski definition) is 1. The van der Waals surface area contributed by atoms with E-state index < -0.39 is 0 Å². The number of ether oxygens (including phenoxy) is 3. The molecule has 0 spiro atoms. The number of rotatable bonds is 45. The molecule has 0 aromatic heterocycles. The third-order valence-electron chi connectivity index (χ3n) is 10.9.